The molecule has 0 radical (unpaired) electrons. The number of primary amides is 1. The maximum absolute atomic E-state index is 11.3. The van der Waals surface area contributed by atoms with Crippen molar-refractivity contribution < 1.29 is 14.3 Å². The lowest BCUT2D eigenvalue weighted by molar-refractivity contribution is -0.126. The van der Waals surface area contributed by atoms with Crippen molar-refractivity contribution in [2.24, 2.45) is 5.73 Å². The molecule has 3 amide bonds. The van der Waals surface area contributed by atoms with Gasteiger partial charge in [0, 0.05) is 6.54 Å². The van der Waals surface area contributed by atoms with Crippen LogP contribution >= 0.6 is 0 Å². The SMILES string of the molecule is CCCn1cc(OC(C)C(=O)NC(N)=O)cn1. The van der Waals surface area contributed by atoms with Gasteiger partial charge in [0.1, 0.15) is 0 Å². The first-order valence-electron chi connectivity index (χ1n) is 5.32. The minimum atomic E-state index is -0.896. The predicted molar refractivity (Wildman–Crippen MR) is 60.3 cm³/mol. The Morgan fingerprint density at radius 2 is 2.35 bits per heavy atom. The largest absolute Gasteiger partial charge is 0.478 e. The predicted octanol–water partition coefficient (Wildman–Crippen LogP) is 0.255. The molecule has 94 valence electrons. The Bertz CT molecular complexity index is 402. The van der Waals surface area contributed by atoms with Gasteiger partial charge in [-0.25, -0.2) is 4.79 Å². The quantitative estimate of drug-likeness (QED) is 0.770. The van der Waals surface area contributed by atoms with Crippen molar-refractivity contribution in [2.45, 2.75) is 32.9 Å². The molecule has 0 aliphatic rings. The molecule has 1 unspecified atom stereocenters. The summed E-state index contributed by atoms with van der Waals surface area (Å²) >= 11 is 0. The molecule has 1 rings (SSSR count). The molecular weight excluding hydrogens is 224 g/mol. The maximum Gasteiger partial charge on any atom is 0.318 e. The van der Waals surface area contributed by atoms with Gasteiger partial charge in [0.25, 0.3) is 5.91 Å². The molecule has 0 aliphatic carbocycles. The Hall–Kier alpha value is -2.05. The van der Waals surface area contributed by atoms with E-state index in [2.05, 4.69) is 5.10 Å². The number of carbonyl (C=O) groups is 2. The van der Waals surface area contributed by atoms with Crippen LogP contribution in [-0.2, 0) is 11.3 Å². The van der Waals surface area contributed by atoms with Crippen LogP contribution < -0.4 is 15.8 Å². The topological polar surface area (TPSA) is 99.2 Å². The highest BCUT2D eigenvalue weighted by Crippen LogP contribution is 2.10. The van der Waals surface area contributed by atoms with E-state index in [1.54, 1.807) is 10.9 Å². The van der Waals surface area contributed by atoms with E-state index in [9.17, 15) is 9.59 Å². The van der Waals surface area contributed by atoms with Crippen LogP contribution in [0.3, 0.4) is 0 Å². The van der Waals surface area contributed by atoms with Gasteiger partial charge >= 0.3 is 6.03 Å². The Morgan fingerprint density at radius 1 is 1.65 bits per heavy atom. The molecule has 0 aromatic carbocycles. The third-order valence-corrected chi connectivity index (χ3v) is 1.99. The van der Waals surface area contributed by atoms with Gasteiger partial charge in [0.2, 0.25) is 0 Å². The number of urea groups is 1. The number of nitrogens with zero attached hydrogens (tertiary/aromatic N) is 2. The van der Waals surface area contributed by atoms with Crippen molar-refractivity contribution in [1.29, 1.82) is 0 Å². The van der Waals surface area contributed by atoms with Crippen LogP contribution in [-0.4, -0.2) is 27.8 Å². The van der Waals surface area contributed by atoms with Crippen LogP contribution in [0, 0.1) is 0 Å². The molecule has 1 aromatic rings. The lowest BCUT2D eigenvalue weighted by Crippen LogP contribution is -2.42. The Morgan fingerprint density at radius 3 is 2.94 bits per heavy atom. The highest BCUT2D eigenvalue weighted by molar-refractivity contribution is 5.95. The number of nitrogens with two attached hydrogens (primary N) is 1. The average Bonchev–Trinajstić information content (AvgIpc) is 2.65. The second-order valence-corrected chi connectivity index (χ2v) is 3.55. The summed E-state index contributed by atoms with van der Waals surface area (Å²) in [6.45, 7) is 4.34. The van der Waals surface area contributed by atoms with Crippen molar-refractivity contribution in [3.63, 3.8) is 0 Å². The van der Waals surface area contributed by atoms with Gasteiger partial charge in [0.05, 0.1) is 12.4 Å². The second kappa shape index (κ2) is 5.88. The maximum atomic E-state index is 11.3. The van der Waals surface area contributed by atoms with E-state index in [1.807, 2.05) is 12.2 Å². The van der Waals surface area contributed by atoms with Gasteiger partial charge in [0.15, 0.2) is 11.9 Å². The fraction of sp³-hybridized carbons (Fsp3) is 0.500. The first-order chi connectivity index (χ1) is 8.02. The number of imide groups is 1. The zero-order chi connectivity index (χ0) is 12.8. The number of carbonyl (C=O) groups excluding carboxylic acids is 2. The van der Waals surface area contributed by atoms with E-state index >= 15 is 0 Å². The van der Waals surface area contributed by atoms with E-state index in [-0.39, 0.29) is 0 Å². The van der Waals surface area contributed by atoms with Crippen LogP contribution in [0.1, 0.15) is 20.3 Å². The van der Waals surface area contributed by atoms with E-state index in [0.29, 0.717) is 5.75 Å². The molecule has 0 spiro atoms. The number of aromatic nitrogens is 2. The van der Waals surface area contributed by atoms with Gasteiger partial charge < -0.3 is 10.5 Å². The fourth-order valence-corrected chi connectivity index (χ4v) is 1.24. The molecule has 0 bridgehead atoms. The summed E-state index contributed by atoms with van der Waals surface area (Å²) in [7, 11) is 0. The monoisotopic (exact) mass is 240 g/mol. The molecule has 7 heteroatoms. The van der Waals surface area contributed by atoms with Gasteiger partial charge in [-0.15, -0.1) is 0 Å². The molecule has 17 heavy (non-hydrogen) atoms. The second-order valence-electron chi connectivity index (χ2n) is 3.55. The van der Waals surface area contributed by atoms with E-state index < -0.39 is 18.0 Å². The molecule has 1 aromatic heterocycles. The van der Waals surface area contributed by atoms with Crippen LogP contribution in [0.2, 0.25) is 0 Å². The molecule has 7 nitrogen and oxygen atoms in total. The normalized spacial score (nSPS) is 11.9. The van der Waals surface area contributed by atoms with Gasteiger partial charge in [-0.05, 0) is 13.3 Å². The minimum Gasteiger partial charge on any atom is -0.478 e. The lowest BCUT2D eigenvalue weighted by atomic mass is 10.4. The Kier molecular flexibility index (Phi) is 4.50. The number of hydrogen-bond donors (Lipinski definition) is 2. The number of ether oxygens (including phenoxy) is 1. The summed E-state index contributed by atoms with van der Waals surface area (Å²) < 4.78 is 7.02. The molecule has 1 atom stereocenters. The molecule has 0 saturated heterocycles. The van der Waals surface area contributed by atoms with E-state index in [0.717, 1.165) is 13.0 Å². The molecule has 1 heterocycles. The Balaban J connectivity index is 2.52. The number of rotatable bonds is 5. The van der Waals surface area contributed by atoms with E-state index in [4.69, 9.17) is 10.5 Å². The van der Waals surface area contributed by atoms with E-state index in [1.165, 1.54) is 13.1 Å². The minimum absolute atomic E-state index is 0.477. The van der Waals surface area contributed by atoms with Gasteiger partial charge in [-0.1, -0.05) is 6.92 Å². The molecule has 0 saturated carbocycles. The van der Waals surface area contributed by atoms with Crippen molar-refractivity contribution in [2.75, 3.05) is 0 Å². The first kappa shape index (κ1) is 13.0. The summed E-state index contributed by atoms with van der Waals surface area (Å²) in [5, 5.41) is 5.99. The third-order valence-electron chi connectivity index (χ3n) is 1.99. The van der Waals surface area contributed by atoms with Crippen molar-refractivity contribution >= 4 is 11.9 Å². The third kappa shape index (κ3) is 4.13. The molecule has 0 aliphatic heterocycles. The number of hydrogen-bond acceptors (Lipinski definition) is 4. The number of aryl methyl sites for hydroxylation is 1. The summed E-state index contributed by atoms with van der Waals surface area (Å²) in [4.78, 5) is 21.8. The summed E-state index contributed by atoms with van der Waals surface area (Å²) in [5.74, 6) is -0.105. The molecular formula is C10H16N4O3. The zero-order valence-electron chi connectivity index (χ0n) is 9.84. The average molecular weight is 240 g/mol. The van der Waals surface area contributed by atoms with Crippen LogP contribution in [0.5, 0.6) is 5.75 Å². The van der Waals surface area contributed by atoms with Crippen molar-refractivity contribution in [3.8, 4) is 5.75 Å². The van der Waals surface area contributed by atoms with Gasteiger partial charge in [-0.3, -0.25) is 14.8 Å². The first-order valence-corrected chi connectivity index (χ1v) is 5.32. The lowest BCUT2D eigenvalue weighted by Gasteiger charge is -2.11. The van der Waals surface area contributed by atoms with Crippen LogP contribution in [0.25, 0.3) is 0 Å². The fourth-order valence-electron chi connectivity index (χ4n) is 1.24. The van der Waals surface area contributed by atoms with Gasteiger partial charge in [-0.2, -0.15) is 5.10 Å². The number of amides is 3. The molecule has 0 fully saturated rings. The highest BCUT2D eigenvalue weighted by Gasteiger charge is 2.16. The van der Waals surface area contributed by atoms with Crippen LogP contribution in [0.4, 0.5) is 4.79 Å². The smallest absolute Gasteiger partial charge is 0.318 e. The highest BCUT2D eigenvalue weighted by atomic mass is 16.5. The molecule has 3 N–H and O–H groups in total. The van der Waals surface area contributed by atoms with Crippen LogP contribution in [0.15, 0.2) is 12.4 Å². The Labute approximate surface area is 98.9 Å². The van der Waals surface area contributed by atoms with Crippen molar-refractivity contribution in [1.82, 2.24) is 15.1 Å². The number of nitrogens with one attached hydrogen (secondary N) is 1. The summed E-state index contributed by atoms with van der Waals surface area (Å²) in [5.41, 5.74) is 4.83. The standard InChI is InChI=1S/C10H16N4O3/c1-3-4-14-6-8(5-12-14)17-7(2)9(15)13-10(11)16/h5-7H,3-4H2,1-2H3,(H3,11,13,15,16). The summed E-state index contributed by atoms with van der Waals surface area (Å²) in [6.07, 6.45) is 3.36. The van der Waals surface area contributed by atoms with Crippen molar-refractivity contribution in [3.05, 3.63) is 12.4 Å². The summed E-state index contributed by atoms with van der Waals surface area (Å²) in [6, 6.07) is -0.896. The zero-order valence-corrected chi connectivity index (χ0v) is 9.84.